The predicted molar refractivity (Wildman–Crippen MR) is 81.5 cm³/mol. The van der Waals surface area contributed by atoms with Crippen LogP contribution in [-0.4, -0.2) is 46.5 Å². The van der Waals surface area contributed by atoms with Crippen LogP contribution in [0.3, 0.4) is 0 Å². The maximum Gasteiger partial charge on any atom is 0.240 e. The Bertz CT molecular complexity index is 508. The number of nitrogens with zero attached hydrogens (tertiary/aromatic N) is 1. The van der Waals surface area contributed by atoms with Crippen LogP contribution in [0.2, 0.25) is 0 Å². The average molecular weight is 297 g/mol. The van der Waals surface area contributed by atoms with Gasteiger partial charge in [0, 0.05) is 25.8 Å². The second-order valence-electron chi connectivity index (χ2n) is 5.07. The molecule has 0 amide bonds. The first kappa shape index (κ1) is 15.3. The van der Waals surface area contributed by atoms with Crippen LogP contribution in [0.25, 0.3) is 0 Å². The minimum Gasteiger partial charge on any atom is -0.388 e. The molecule has 0 aromatic heterocycles. The largest absolute Gasteiger partial charge is 0.388 e. The predicted octanol–water partition coefficient (Wildman–Crippen LogP) is 1.49. The maximum atomic E-state index is 12.1. The lowest BCUT2D eigenvalue weighted by Gasteiger charge is -2.26. The molecule has 2 N–H and O–H groups in total. The van der Waals surface area contributed by atoms with Gasteiger partial charge < -0.3 is 10.2 Å². The molecule has 0 aliphatic carbocycles. The lowest BCUT2D eigenvalue weighted by atomic mass is 10.1. The van der Waals surface area contributed by atoms with Crippen LogP contribution in [0.15, 0.2) is 29.2 Å². The Morgan fingerprint density at radius 2 is 1.75 bits per heavy atom. The Morgan fingerprint density at radius 3 is 2.35 bits per heavy atom. The fourth-order valence-electron chi connectivity index (χ4n) is 2.41. The van der Waals surface area contributed by atoms with Gasteiger partial charge in [0.25, 0.3) is 0 Å². The minimum absolute atomic E-state index is 0.315. The molecule has 1 aromatic rings. The van der Waals surface area contributed by atoms with E-state index in [0.29, 0.717) is 11.4 Å². The molecule has 112 valence electrons. The number of piperidine rings is 1. The van der Waals surface area contributed by atoms with Crippen molar-refractivity contribution in [1.29, 1.82) is 0 Å². The Balaban J connectivity index is 1.86. The molecule has 0 saturated carbocycles. The molecular formula is C14H23N3O2S. The third-order valence-corrected chi connectivity index (χ3v) is 5.10. The second-order valence-corrected chi connectivity index (χ2v) is 6.84. The summed E-state index contributed by atoms with van der Waals surface area (Å²) >= 11 is 0. The highest BCUT2D eigenvalue weighted by molar-refractivity contribution is 7.89. The molecular weight excluding hydrogens is 274 g/mol. The van der Waals surface area contributed by atoms with Crippen LogP contribution in [0.5, 0.6) is 0 Å². The van der Waals surface area contributed by atoms with Gasteiger partial charge in [-0.25, -0.2) is 13.1 Å². The van der Waals surface area contributed by atoms with E-state index in [9.17, 15) is 8.42 Å². The van der Waals surface area contributed by atoms with Gasteiger partial charge in [-0.3, -0.25) is 0 Å². The highest BCUT2D eigenvalue weighted by Crippen LogP contribution is 2.13. The molecule has 0 bridgehead atoms. The summed E-state index contributed by atoms with van der Waals surface area (Å²) in [5.74, 6) is 0. The third kappa shape index (κ3) is 4.19. The van der Waals surface area contributed by atoms with E-state index in [1.54, 1.807) is 31.3 Å². The zero-order valence-electron chi connectivity index (χ0n) is 11.9. The van der Waals surface area contributed by atoms with Gasteiger partial charge in [-0.2, -0.15) is 0 Å². The van der Waals surface area contributed by atoms with E-state index < -0.39 is 10.0 Å². The minimum atomic E-state index is -3.39. The fourth-order valence-corrected chi connectivity index (χ4v) is 3.43. The van der Waals surface area contributed by atoms with Gasteiger partial charge in [-0.15, -0.1) is 0 Å². The number of rotatable bonds is 6. The van der Waals surface area contributed by atoms with Gasteiger partial charge in [-0.1, -0.05) is 6.42 Å². The molecule has 1 aliphatic rings. The smallest absolute Gasteiger partial charge is 0.240 e. The van der Waals surface area contributed by atoms with Crippen molar-refractivity contribution in [3.8, 4) is 0 Å². The molecule has 6 heteroatoms. The molecule has 1 heterocycles. The first-order valence-electron chi connectivity index (χ1n) is 7.12. The van der Waals surface area contributed by atoms with Crippen molar-refractivity contribution in [1.82, 2.24) is 9.62 Å². The molecule has 1 fully saturated rings. The van der Waals surface area contributed by atoms with Crippen molar-refractivity contribution in [2.45, 2.75) is 24.2 Å². The van der Waals surface area contributed by atoms with Gasteiger partial charge in [0.05, 0.1) is 4.90 Å². The molecule has 0 radical (unpaired) electrons. The molecule has 1 aliphatic heterocycles. The molecule has 2 rings (SSSR count). The normalized spacial score (nSPS) is 17.1. The van der Waals surface area contributed by atoms with Crippen molar-refractivity contribution in [2.24, 2.45) is 0 Å². The third-order valence-electron chi connectivity index (χ3n) is 3.62. The molecule has 0 spiro atoms. The van der Waals surface area contributed by atoms with Crippen molar-refractivity contribution in [3.05, 3.63) is 24.3 Å². The summed E-state index contributed by atoms with van der Waals surface area (Å²) < 4.78 is 26.9. The summed E-state index contributed by atoms with van der Waals surface area (Å²) in [6.45, 7) is 3.42. The standard InChI is InChI=1S/C14H23N3O2S/c1-15-13-5-7-14(8-6-13)20(18,19)16-9-12-17-10-3-2-4-11-17/h5-8,15-16H,2-4,9-12H2,1H3. The summed E-state index contributed by atoms with van der Waals surface area (Å²) in [7, 11) is -1.58. The van der Waals surface area contributed by atoms with Gasteiger partial charge >= 0.3 is 0 Å². The summed E-state index contributed by atoms with van der Waals surface area (Å²) in [5, 5.41) is 2.97. The van der Waals surface area contributed by atoms with Gasteiger partial charge in [0.15, 0.2) is 0 Å². The quantitative estimate of drug-likeness (QED) is 0.835. The van der Waals surface area contributed by atoms with Crippen molar-refractivity contribution in [2.75, 3.05) is 38.5 Å². The van der Waals surface area contributed by atoms with E-state index in [2.05, 4.69) is 14.9 Å². The molecule has 0 unspecified atom stereocenters. The first-order chi connectivity index (χ1) is 9.62. The Hall–Kier alpha value is -1.11. The summed E-state index contributed by atoms with van der Waals surface area (Å²) in [5.41, 5.74) is 0.900. The SMILES string of the molecule is CNc1ccc(S(=O)(=O)NCCN2CCCCC2)cc1. The second kappa shape index (κ2) is 7.06. The molecule has 5 nitrogen and oxygen atoms in total. The number of hydrogen-bond donors (Lipinski definition) is 2. The number of anilines is 1. The highest BCUT2D eigenvalue weighted by atomic mass is 32.2. The van der Waals surface area contributed by atoms with E-state index in [-0.39, 0.29) is 0 Å². The van der Waals surface area contributed by atoms with Crippen molar-refractivity contribution < 1.29 is 8.42 Å². The lowest BCUT2D eigenvalue weighted by molar-refractivity contribution is 0.233. The number of sulfonamides is 1. The van der Waals surface area contributed by atoms with Crippen molar-refractivity contribution >= 4 is 15.7 Å². The topological polar surface area (TPSA) is 61.4 Å². The zero-order valence-corrected chi connectivity index (χ0v) is 12.7. The van der Waals surface area contributed by atoms with Crippen molar-refractivity contribution in [3.63, 3.8) is 0 Å². The summed E-state index contributed by atoms with van der Waals surface area (Å²) in [6.07, 6.45) is 3.73. The Morgan fingerprint density at radius 1 is 1.10 bits per heavy atom. The maximum absolute atomic E-state index is 12.1. The van der Waals surface area contributed by atoms with E-state index >= 15 is 0 Å². The van der Waals surface area contributed by atoms with Gasteiger partial charge in [0.1, 0.15) is 0 Å². The zero-order chi connectivity index (χ0) is 14.4. The molecule has 20 heavy (non-hydrogen) atoms. The number of benzene rings is 1. The highest BCUT2D eigenvalue weighted by Gasteiger charge is 2.15. The fraction of sp³-hybridized carbons (Fsp3) is 0.571. The van der Waals surface area contributed by atoms with Crippen LogP contribution in [0.4, 0.5) is 5.69 Å². The van der Waals surface area contributed by atoms with E-state index in [0.717, 1.165) is 25.3 Å². The summed E-state index contributed by atoms with van der Waals surface area (Å²) in [4.78, 5) is 2.63. The first-order valence-corrected chi connectivity index (χ1v) is 8.60. The lowest BCUT2D eigenvalue weighted by Crippen LogP contribution is -2.37. The van der Waals surface area contributed by atoms with Crippen LogP contribution in [0, 0.1) is 0 Å². The monoisotopic (exact) mass is 297 g/mol. The number of hydrogen-bond acceptors (Lipinski definition) is 4. The van der Waals surface area contributed by atoms with Crippen LogP contribution < -0.4 is 10.0 Å². The van der Waals surface area contributed by atoms with Crippen LogP contribution in [0.1, 0.15) is 19.3 Å². The number of likely N-dealkylation sites (tertiary alicyclic amines) is 1. The average Bonchev–Trinajstić information content (AvgIpc) is 2.48. The van der Waals surface area contributed by atoms with Crippen LogP contribution >= 0.6 is 0 Å². The van der Waals surface area contributed by atoms with E-state index in [1.165, 1.54) is 19.3 Å². The van der Waals surface area contributed by atoms with Gasteiger partial charge in [-0.05, 0) is 50.2 Å². The molecule has 0 atom stereocenters. The van der Waals surface area contributed by atoms with Gasteiger partial charge in [0.2, 0.25) is 10.0 Å². The van der Waals surface area contributed by atoms with E-state index in [4.69, 9.17) is 0 Å². The van der Waals surface area contributed by atoms with E-state index in [1.807, 2.05) is 0 Å². The molecule has 1 saturated heterocycles. The molecule has 1 aromatic carbocycles. The number of nitrogens with one attached hydrogen (secondary N) is 2. The Labute approximate surface area is 121 Å². The Kier molecular flexibility index (Phi) is 5.39. The summed E-state index contributed by atoms with van der Waals surface area (Å²) in [6, 6.07) is 6.77. The van der Waals surface area contributed by atoms with Crippen LogP contribution in [-0.2, 0) is 10.0 Å².